The lowest BCUT2D eigenvalue weighted by Gasteiger charge is -2.19. The largest absolute Gasteiger partial charge is 0.393 e. The number of rotatable bonds is 6. The quantitative estimate of drug-likeness (QED) is 0.626. The van der Waals surface area contributed by atoms with E-state index >= 15 is 0 Å². The first-order valence-corrected chi connectivity index (χ1v) is 5.33. The van der Waals surface area contributed by atoms with Gasteiger partial charge in [0.2, 0.25) is 0 Å². The van der Waals surface area contributed by atoms with Crippen molar-refractivity contribution in [2.75, 3.05) is 0 Å². The van der Waals surface area contributed by atoms with Crippen LogP contribution in [0.3, 0.4) is 0 Å². The molecular formula is C12H24O. The van der Waals surface area contributed by atoms with Crippen molar-refractivity contribution in [2.45, 2.75) is 59.5 Å². The minimum atomic E-state index is -0.210. The molecule has 78 valence electrons. The van der Waals surface area contributed by atoms with Gasteiger partial charge in [-0.1, -0.05) is 45.8 Å². The van der Waals surface area contributed by atoms with E-state index in [1.807, 2.05) is 6.92 Å². The fourth-order valence-electron chi connectivity index (χ4n) is 1.30. The minimum absolute atomic E-state index is 0.210. The Bertz CT molecular complexity index is 145. The van der Waals surface area contributed by atoms with Crippen molar-refractivity contribution in [1.29, 1.82) is 0 Å². The summed E-state index contributed by atoms with van der Waals surface area (Å²) in [4.78, 5) is 0. The summed E-state index contributed by atoms with van der Waals surface area (Å²) in [6, 6.07) is 0. The molecule has 0 aromatic rings. The van der Waals surface area contributed by atoms with E-state index in [1.54, 1.807) is 0 Å². The van der Waals surface area contributed by atoms with Crippen LogP contribution in [0.15, 0.2) is 12.2 Å². The van der Waals surface area contributed by atoms with E-state index in [0.29, 0.717) is 5.41 Å². The van der Waals surface area contributed by atoms with E-state index in [-0.39, 0.29) is 6.10 Å². The van der Waals surface area contributed by atoms with Crippen molar-refractivity contribution in [3.05, 3.63) is 12.2 Å². The zero-order valence-electron chi connectivity index (χ0n) is 9.51. The first-order valence-electron chi connectivity index (χ1n) is 5.33. The first-order chi connectivity index (χ1) is 5.98. The van der Waals surface area contributed by atoms with E-state index < -0.39 is 0 Å². The Balaban J connectivity index is 3.78. The second-order valence-corrected chi connectivity index (χ2v) is 4.58. The van der Waals surface area contributed by atoms with Gasteiger partial charge >= 0.3 is 0 Å². The highest BCUT2D eigenvalue weighted by Crippen LogP contribution is 2.24. The summed E-state index contributed by atoms with van der Waals surface area (Å²) >= 11 is 0. The third-order valence-electron chi connectivity index (χ3n) is 2.22. The van der Waals surface area contributed by atoms with Crippen molar-refractivity contribution in [3.63, 3.8) is 0 Å². The van der Waals surface area contributed by atoms with Crippen molar-refractivity contribution >= 4 is 0 Å². The molecule has 0 aliphatic carbocycles. The van der Waals surface area contributed by atoms with Crippen LogP contribution < -0.4 is 0 Å². The van der Waals surface area contributed by atoms with E-state index in [1.165, 1.54) is 19.3 Å². The zero-order chi connectivity index (χ0) is 10.3. The van der Waals surface area contributed by atoms with Gasteiger partial charge in [0.15, 0.2) is 0 Å². The average Bonchev–Trinajstić information content (AvgIpc) is 2.00. The minimum Gasteiger partial charge on any atom is -0.393 e. The van der Waals surface area contributed by atoms with E-state index in [2.05, 4.69) is 32.9 Å². The number of allylic oxidation sites excluding steroid dienone is 1. The summed E-state index contributed by atoms with van der Waals surface area (Å²) in [7, 11) is 0. The van der Waals surface area contributed by atoms with Gasteiger partial charge < -0.3 is 5.11 Å². The fraction of sp³-hybridized carbons (Fsp3) is 0.833. The molecule has 1 atom stereocenters. The lowest BCUT2D eigenvalue weighted by molar-refractivity contribution is 0.198. The van der Waals surface area contributed by atoms with Gasteiger partial charge in [0.1, 0.15) is 0 Å². The Morgan fingerprint density at radius 2 is 2.00 bits per heavy atom. The third kappa shape index (κ3) is 8.04. The van der Waals surface area contributed by atoms with Crippen LogP contribution in [0.5, 0.6) is 0 Å². The van der Waals surface area contributed by atoms with Crippen LogP contribution in [0, 0.1) is 5.41 Å². The Hall–Kier alpha value is -0.300. The van der Waals surface area contributed by atoms with Gasteiger partial charge in [0.05, 0.1) is 6.10 Å². The van der Waals surface area contributed by atoms with Crippen molar-refractivity contribution in [2.24, 2.45) is 5.41 Å². The predicted octanol–water partition coefficient (Wildman–Crippen LogP) is 3.53. The maximum Gasteiger partial charge on any atom is 0.0546 e. The van der Waals surface area contributed by atoms with Crippen molar-refractivity contribution in [3.8, 4) is 0 Å². The van der Waals surface area contributed by atoms with Crippen molar-refractivity contribution in [1.82, 2.24) is 0 Å². The van der Waals surface area contributed by atoms with Gasteiger partial charge in [-0.3, -0.25) is 0 Å². The van der Waals surface area contributed by atoms with Crippen LogP contribution in [0.25, 0.3) is 0 Å². The highest BCUT2D eigenvalue weighted by Gasteiger charge is 2.11. The zero-order valence-corrected chi connectivity index (χ0v) is 9.51. The number of hydrogen-bond acceptors (Lipinski definition) is 1. The Morgan fingerprint density at radius 3 is 2.46 bits per heavy atom. The summed E-state index contributed by atoms with van der Waals surface area (Å²) in [5.74, 6) is 0. The van der Waals surface area contributed by atoms with Crippen LogP contribution >= 0.6 is 0 Å². The number of aliphatic hydroxyl groups excluding tert-OH is 1. The monoisotopic (exact) mass is 184 g/mol. The Kier molecular flexibility index (Phi) is 6.06. The highest BCUT2D eigenvalue weighted by atomic mass is 16.3. The lowest BCUT2D eigenvalue weighted by atomic mass is 9.86. The van der Waals surface area contributed by atoms with Crippen LogP contribution in [0.4, 0.5) is 0 Å². The summed E-state index contributed by atoms with van der Waals surface area (Å²) in [5.41, 5.74) is 0.297. The van der Waals surface area contributed by atoms with Crippen LogP contribution in [0.2, 0.25) is 0 Å². The summed E-state index contributed by atoms with van der Waals surface area (Å²) in [6.07, 6.45) is 8.67. The summed E-state index contributed by atoms with van der Waals surface area (Å²) in [6.45, 7) is 8.54. The molecule has 0 bridgehead atoms. The highest BCUT2D eigenvalue weighted by molar-refractivity contribution is 4.95. The third-order valence-corrected chi connectivity index (χ3v) is 2.22. The molecule has 0 radical (unpaired) electrons. The molecule has 1 heteroatoms. The van der Waals surface area contributed by atoms with E-state index in [4.69, 9.17) is 5.11 Å². The van der Waals surface area contributed by atoms with Gasteiger partial charge in [-0.05, 0) is 25.2 Å². The van der Waals surface area contributed by atoms with Gasteiger partial charge in [0, 0.05) is 0 Å². The topological polar surface area (TPSA) is 20.2 Å². The molecule has 1 N–H and O–H groups in total. The Morgan fingerprint density at radius 1 is 1.38 bits per heavy atom. The van der Waals surface area contributed by atoms with E-state index in [9.17, 15) is 0 Å². The molecule has 0 saturated heterocycles. The Labute approximate surface area is 82.9 Å². The lowest BCUT2D eigenvalue weighted by Crippen LogP contribution is -2.07. The molecule has 0 aliphatic rings. The van der Waals surface area contributed by atoms with Crippen LogP contribution in [-0.4, -0.2) is 11.2 Å². The average molecular weight is 184 g/mol. The molecule has 1 nitrogen and oxygen atoms in total. The standard InChI is InChI=1S/C12H24O/c1-5-6-9-12(3,4)10-7-8-11(2)13/h7,10-11,13H,5-6,8-9H2,1-4H3/b10-7+/t11-/m1/s1. The molecule has 0 spiro atoms. The van der Waals surface area contributed by atoms with E-state index in [0.717, 1.165) is 6.42 Å². The van der Waals surface area contributed by atoms with Crippen LogP contribution in [-0.2, 0) is 0 Å². The smallest absolute Gasteiger partial charge is 0.0546 e. The SMILES string of the molecule is CCCCC(C)(C)/C=C/C[C@@H](C)O. The number of unbranched alkanes of at least 4 members (excludes halogenated alkanes) is 1. The normalized spacial score (nSPS) is 15.2. The van der Waals surface area contributed by atoms with Crippen LogP contribution in [0.1, 0.15) is 53.4 Å². The van der Waals surface area contributed by atoms with Gasteiger partial charge in [-0.2, -0.15) is 0 Å². The molecule has 0 heterocycles. The number of hydrogen-bond donors (Lipinski definition) is 1. The molecule has 0 fully saturated rings. The second kappa shape index (κ2) is 6.20. The molecule has 0 rings (SSSR count). The predicted molar refractivity (Wildman–Crippen MR) is 58.7 cm³/mol. The maximum absolute atomic E-state index is 9.07. The molecule has 0 aromatic carbocycles. The molecule has 13 heavy (non-hydrogen) atoms. The van der Waals surface area contributed by atoms with Gasteiger partial charge in [0.25, 0.3) is 0 Å². The second-order valence-electron chi connectivity index (χ2n) is 4.58. The summed E-state index contributed by atoms with van der Waals surface area (Å²) in [5, 5.41) is 9.07. The van der Waals surface area contributed by atoms with Gasteiger partial charge in [-0.15, -0.1) is 0 Å². The molecule has 0 saturated carbocycles. The molecular weight excluding hydrogens is 160 g/mol. The molecule has 0 aromatic heterocycles. The maximum atomic E-state index is 9.07. The fourth-order valence-corrected chi connectivity index (χ4v) is 1.30. The molecule has 0 aliphatic heterocycles. The summed E-state index contributed by atoms with van der Waals surface area (Å²) < 4.78 is 0. The van der Waals surface area contributed by atoms with Gasteiger partial charge in [-0.25, -0.2) is 0 Å². The van der Waals surface area contributed by atoms with Crippen molar-refractivity contribution < 1.29 is 5.11 Å². The first kappa shape index (κ1) is 12.7. The number of aliphatic hydroxyl groups is 1. The molecule has 0 amide bonds. The molecule has 0 unspecified atom stereocenters.